The number of thiazole rings is 1. The Bertz CT molecular complexity index is 1510. The first-order valence-corrected chi connectivity index (χ1v) is 13.2. The molecule has 1 aliphatic heterocycles. The molecule has 0 bridgehead atoms. The Balaban J connectivity index is 1.18. The van der Waals surface area contributed by atoms with Gasteiger partial charge >= 0.3 is 0 Å². The molecular formula is C26H24N6OS2. The van der Waals surface area contributed by atoms with Crippen LogP contribution in [-0.2, 0) is 11.3 Å². The van der Waals surface area contributed by atoms with Crippen LogP contribution in [0.3, 0.4) is 0 Å². The number of carbonyl (C=O) groups excluding carboxylic acids is 1. The summed E-state index contributed by atoms with van der Waals surface area (Å²) in [5.74, 6) is 0.877. The van der Waals surface area contributed by atoms with Crippen LogP contribution in [0, 0.1) is 6.92 Å². The summed E-state index contributed by atoms with van der Waals surface area (Å²) in [6.07, 6.45) is 1.62. The first-order chi connectivity index (χ1) is 17.1. The van der Waals surface area contributed by atoms with Crippen molar-refractivity contribution in [2.24, 2.45) is 0 Å². The van der Waals surface area contributed by atoms with E-state index in [1.807, 2.05) is 17.6 Å². The predicted molar refractivity (Wildman–Crippen MR) is 143 cm³/mol. The highest BCUT2D eigenvalue weighted by Crippen LogP contribution is 2.36. The molecule has 4 heterocycles. The summed E-state index contributed by atoms with van der Waals surface area (Å²) in [4.78, 5) is 30.8. The molecule has 1 amide bonds. The molecule has 35 heavy (non-hydrogen) atoms. The third-order valence-electron chi connectivity index (χ3n) is 6.30. The number of carbonyl (C=O) groups is 1. The number of aryl methyl sites for hydroxylation is 1. The maximum Gasteiger partial charge on any atom is 0.239 e. The molecule has 0 aliphatic carbocycles. The molecule has 3 aromatic heterocycles. The van der Waals surface area contributed by atoms with Gasteiger partial charge < -0.3 is 15.5 Å². The highest BCUT2D eigenvalue weighted by molar-refractivity contribution is 7.21. The quantitative estimate of drug-likeness (QED) is 0.373. The van der Waals surface area contributed by atoms with Crippen molar-refractivity contribution >= 4 is 54.8 Å². The lowest BCUT2D eigenvalue weighted by atomic mass is 10.1. The van der Waals surface area contributed by atoms with Crippen LogP contribution >= 0.6 is 22.7 Å². The zero-order valence-electron chi connectivity index (χ0n) is 19.2. The summed E-state index contributed by atoms with van der Waals surface area (Å²) in [7, 11) is 0. The predicted octanol–water partition coefficient (Wildman–Crippen LogP) is 4.37. The normalized spacial score (nSPS) is 16.1. The van der Waals surface area contributed by atoms with E-state index in [1.54, 1.807) is 29.0 Å². The number of fused-ring (bicyclic) bond motifs is 2. The van der Waals surface area contributed by atoms with Crippen molar-refractivity contribution in [1.82, 2.24) is 25.6 Å². The molecule has 9 heteroatoms. The van der Waals surface area contributed by atoms with Crippen LogP contribution in [0.15, 0.2) is 60.4 Å². The summed E-state index contributed by atoms with van der Waals surface area (Å²) >= 11 is 3.29. The van der Waals surface area contributed by atoms with E-state index < -0.39 is 0 Å². The molecule has 1 atom stereocenters. The Kier molecular flexibility index (Phi) is 5.89. The molecule has 1 fully saturated rings. The number of hydrogen-bond acceptors (Lipinski definition) is 8. The van der Waals surface area contributed by atoms with Crippen molar-refractivity contribution in [2.45, 2.75) is 19.5 Å². The minimum Gasteiger partial charge on any atom is -0.353 e. The zero-order chi connectivity index (χ0) is 23.8. The fourth-order valence-electron chi connectivity index (χ4n) is 4.40. The molecule has 2 aromatic carbocycles. The number of aromatic nitrogens is 3. The van der Waals surface area contributed by atoms with Gasteiger partial charge in [-0.3, -0.25) is 4.79 Å². The van der Waals surface area contributed by atoms with Crippen LogP contribution < -0.4 is 15.5 Å². The average Bonchev–Trinajstić information content (AvgIpc) is 3.54. The van der Waals surface area contributed by atoms with Crippen LogP contribution in [0.5, 0.6) is 0 Å². The number of benzene rings is 2. The van der Waals surface area contributed by atoms with E-state index in [-0.39, 0.29) is 11.9 Å². The SMILES string of the molecule is Cc1ccc(-c2cc3c(N4CCN[C@H](C(=O)NCc5ccc6scnc6c5)C4)ncnc3s2)cc1. The molecule has 0 radical (unpaired) electrons. The monoisotopic (exact) mass is 500 g/mol. The zero-order valence-corrected chi connectivity index (χ0v) is 20.8. The second kappa shape index (κ2) is 9.33. The Morgan fingerprint density at radius 2 is 2.03 bits per heavy atom. The third-order valence-corrected chi connectivity index (χ3v) is 8.20. The van der Waals surface area contributed by atoms with Crippen molar-refractivity contribution in [2.75, 3.05) is 24.5 Å². The van der Waals surface area contributed by atoms with Crippen molar-refractivity contribution in [3.8, 4) is 10.4 Å². The van der Waals surface area contributed by atoms with Gasteiger partial charge in [-0.25, -0.2) is 15.0 Å². The summed E-state index contributed by atoms with van der Waals surface area (Å²) in [6.45, 7) is 4.62. The number of amides is 1. The van der Waals surface area contributed by atoms with Crippen molar-refractivity contribution in [3.05, 3.63) is 71.5 Å². The van der Waals surface area contributed by atoms with E-state index in [1.165, 1.54) is 16.0 Å². The second-order valence-electron chi connectivity index (χ2n) is 8.72. The summed E-state index contributed by atoms with van der Waals surface area (Å²) in [5.41, 5.74) is 6.28. The first-order valence-electron chi connectivity index (χ1n) is 11.5. The Morgan fingerprint density at radius 3 is 2.91 bits per heavy atom. The van der Waals surface area contributed by atoms with Gasteiger partial charge in [-0.1, -0.05) is 35.9 Å². The molecule has 1 aliphatic rings. The molecule has 2 N–H and O–H groups in total. The topological polar surface area (TPSA) is 83.0 Å². The lowest BCUT2D eigenvalue weighted by Gasteiger charge is -2.34. The van der Waals surface area contributed by atoms with E-state index in [9.17, 15) is 4.79 Å². The lowest BCUT2D eigenvalue weighted by molar-refractivity contribution is -0.123. The fraction of sp³-hybridized carbons (Fsp3) is 0.231. The molecule has 7 nitrogen and oxygen atoms in total. The van der Waals surface area contributed by atoms with Crippen molar-refractivity contribution in [1.29, 1.82) is 0 Å². The number of piperazine rings is 1. The van der Waals surface area contributed by atoms with Gasteiger partial charge in [0.15, 0.2) is 0 Å². The number of anilines is 1. The number of nitrogens with one attached hydrogen (secondary N) is 2. The molecule has 0 spiro atoms. The third kappa shape index (κ3) is 4.50. The van der Waals surface area contributed by atoms with E-state index in [0.717, 1.165) is 38.4 Å². The van der Waals surface area contributed by atoms with Gasteiger partial charge in [0.1, 0.15) is 23.0 Å². The summed E-state index contributed by atoms with van der Waals surface area (Å²) in [5, 5.41) is 7.47. The van der Waals surface area contributed by atoms with Crippen molar-refractivity contribution in [3.63, 3.8) is 0 Å². The largest absolute Gasteiger partial charge is 0.353 e. The Morgan fingerprint density at radius 1 is 1.14 bits per heavy atom. The lowest BCUT2D eigenvalue weighted by Crippen LogP contribution is -2.57. The average molecular weight is 501 g/mol. The molecule has 1 saturated heterocycles. The maximum absolute atomic E-state index is 13.0. The van der Waals surface area contributed by atoms with Gasteiger partial charge in [0, 0.05) is 31.1 Å². The van der Waals surface area contributed by atoms with Gasteiger partial charge in [-0.05, 0) is 36.2 Å². The van der Waals surface area contributed by atoms with Crippen molar-refractivity contribution < 1.29 is 4.79 Å². The Labute approximate surface area is 210 Å². The van der Waals surface area contributed by atoms with E-state index >= 15 is 0 Å². The molecule has 176 valence electrons. The smallest absolute Gasteiger partial charge is 0.239 e. The molecule has 0 unspecified atom stereocenters. The van der Waals surface area contributed by atoms with Gasteiger partial charge in [0.05, 0.1) is 21.1 Å². The minimum absolute atomic E-state index is 0.0102. The molecule has 6 rings (SSSR count). The number of rotatable bonds is 5. The van der Waals surface area contributed by atoms with Crippen LogP contribution in [-0.4, -0.2) is 46.5 Å². The number of hydrogen-bond donors (Lipinski definition) is 2. The number of nitrogens with zero attached hydrogens (tertiary/aromatic N) is 4. The van der Waals surface area contributed by atoms with Gasteiger partial charge in [0.2, 0.25) is 5.91 Å². The van der Waals surface area contributed by atoms with Crippen LogP contribution in [0.1, 0.15) is 11.1 Å². The Hall–Kier alpha value is -3.40. The van der Waals surface area contributed by atoms with Crippen LogP contribution in [0.2, 0.25) is 0 Å². The summed E-state index contributed by atoms with van der Waals surface area (Å²) < 4.78 is 1.15. The van der Waals surface area contributed by atoms with Gasteiger partial charge in [-0.15, -0.1) is 22.7 Å². The van der Waals surface area contributed by atoms with Gasteiger partial charge in [0.25, 0.3) is 0 Å². The minimum atomic E-state index is -0.313. The van der Waals surface area contributed by atoms with Gasteiger partial charge in [-0.2, -0.15) is 0 Å². The molecule has 5 aromatic rings. The van der Waals surface area contributed by atoms with Crippen LogP contribution in [0.25, 0.3) is 30.9 Å². The van der Waals surface area contributed by atoms with Crippen LogP contribution in [0.4, 0.5) is 5.82 Å². The molecule has 0 saturated carbocycles. The van der Waals surface area contributed by atoms with E-state index in [0.29, 0.717) is 19.6 Å². The first kappa shape index (κ1) is 22.1. The van der Waals surface area contributed by atoms with E-state index in [4.69, 9.17) is 0 Å². The highest BCUT2D eigenvalue weighted by Gasteiger charge is 2.27. The number of thiophene rings is 1. The van der Waals surface area contributed by atoms with E-state index in [2.05, 4.69) is 73.8 Å². The molecular weight excluding hydrogens is 476 g/mol. The second-order valence-corrected chi connectivity index (χ2v) is 10.6. The maximum atomic E-state index is 13.0. The summed E-state index contributed by atoms with van der Waals surface area (Å²) in [6, 6.07) is 16.5. The fourth-order valence-corrected chi connectivity index (χ4v) is 6.06. The standard InChI is InChI=1S/C26H24N6OS2/c1-16-2-5-18(6-3-16)23-11-19-24(29-14-30-26(19)35-23)32-9-8-27-21(13-32)25(33)28-12-17-4-7-22-20(10-17)31-15-34-22/h2-7,10-11,14-15,21,27H,8-9,12-13H2,1H3,(H,28,33)/t21-/m0/s1. The highest BCUT2D eigenvalue weighted by atomic mass is 32.1.